The van der Waals surface area contributed by atoms with Crippen LogP contribution in [0.4, 0.5) is 0 Å². The van der Waals surface area contributed by atoms with Gasteiger partial charge in [-0.15, -0.1) is 0 Å². The molecule has 0 radical (unpaired) electrons. The largest absolute Gasteiger partial charge is 0.469 e. The van der Waals surface area contributed by atoms with Gasteiger partial charge in [0.2, 0.25) is 0 Å². The Morgan fingerprint density at radius 3 is 2.69 bits per heavy atom. The van der Waals surface area contributed by atoms with Gasteiger partial charge in [0.05, 0.1) is 19.6 Å². The summed E-state index contributed by atoms with van der Waals surface area (Å²) in [5.74, 6) is -0.0820. The maximum absolute atomic E-state index is 11.1. The normalized spacial score (nSPS) is 28.5. The molecule has 1 rings (SSSR count). The van der Waals surface area contributed by atoms with E-state index in [2.05, 4.69) is 10.1 Å². The minimum absolute atomic E-state index is 0.0260. The van der Waals surface area contributed by atoms with E-state index < -0.39 is 0 Å². The minimum atomic E-state index is -0.108. The minimum Gasteiger partial charge on any atom is -0.469 e. The molecule has 0 spiro atoms. The molecule has 0 aromatic rings. The molecule has 76 valence electrons. The third-order valence-electron chi connectivity index (χ3n) is 2.42. The SMILES string of the molecule is COCC1CCC(C(=O)OC)CN1. The summed E-state index contributed by atoms with van der Waals surface area (Å²) in [6.45, 7) is 1.43. The Morgan fingerprint density at radius 2 is 2.23 bits per heavy atom. The van der Waals surface area contributed by atoms with Crippen LogP contribution in [0, 0.1) is 5.92 Å². The highest BCUT2D eigenvalue weighted by molar-refractivity contribution is 5.72. The van der Waals surface area contributed by atoms with Crippen molar-refractivity contribution in [3.63, 3.8) is 0 Å². The lowest BCUT2D eigenvalue weighted by molar-refractivity contribution is -0.146. The first-order valence-corrected chi connectivity index (χ1v) is 4.58. The monoisotopic (exact) mass is 187 g/mol. The van der Waals surface area contributed by atoms with Crippen molar-refractivity contribution in [2.45, 2.75) is 18.9 Å². The molecule has 0 aliphatic carbocycles. The van der Waals surface area contributed by atoms with Gasteiger partial charge >= 0.3 is 5.97 Å². The second kappa shape index (κ2) is 5.19. The van der Waals surface area contributed by atoms with Crippen LogP contribution in [0.25, 0.3) is 0 Å². The number of carbonyl (C=O) groups excluding carboxylic acids is 1. The number of esters is 1. The quantitative estimate of drug-likeness (QED) is 0.640. The molecule has 13 heavy (non-hydrogen) atoms. The average molecular weight is 187 g/mol. The molecule has 1 aliphatic rings. The molecule has 1 saturated heterocycles. The van der Waals surface area contributed by atoms with Crippen molar-refractivity contribution >= 4 is 5.97 Å². The van der Waals surface area contributed by atoms with Crippen molar-refractivity contribution in [1.29, 1.82) is 0 Å². The van der Waals surface area contributed by atoms with Crippen LogP contribution < -0.4 is 5.32 Å². The summed E-state index contributed by atoms with van der Waals surface area (Å²) in [5, 5.41) is 3.26. The number of methoxy groups -OCH3 is 2. The molecular weight excluding hydrogens is 170 g/mol. The van der Waals surface area contributed by atoms with Gasteiger partial charge in [-0.1, -0.05) is 0 Å². The summed E-state index contributed by atoms with van der Waals surface area (Å²) in [5.41, 5.74) is 0. The number of carbonyl (C=O) groups is 1. The van der Waals surface area contributed by atoms with Crippen molar-refractivity contribution in [3.05, 3.63) is 0 Å². The molecular formula is C9H17NO3. The number of ether oxygens (including phenoxy) is 2. The number of nitrogens with one attached hydrogen (secondary N) is 1. The van der Waals surface area contributed by atoms with E-state index in [0.717, 1.165) is 12.8 Å². The van der Waals surface area contributed by atoms with Gasteiger partial charge in [-0.25, -0.2) is 0 Å². The van der Waals surface area contributed by atoms with Gasteiger partial charge in [0.15, 0.2) is 0 Å². The lowest BCUT2D eigenvalue weighted by atomic mass is 9.95. The Hall–Kier alpha value is -0.610. The van der Waals surface area contributed by atoms with Crippen LogP contribution in [0.3, 0.4) is 0 Å². The summed E-state index contributed by atoms with van der Waals surface area (Å²) >= 11 is 0. The number of hydrogen-bond donors (Lipinski definition) is 1. The smallest absolute Gasteiger partial charge is 0.309 e. The Labute approximate surface area is 78.6 Å². The Bertz CT molecular complexity index is 164. The van der Waals surface area contributed by atoms with Gasteiger partial charge < -0.3 is 14.8 Å². The van der Waals surface area contributed by atoms with Crippen LogP contribution in [0.2, 0.25) is 0 Å². The standard InChI is InChI=1S/C9H17NO3/c1-12-6-8-4-3-7(5-10-8)9(11)13-2/h7-8,10H,3-6H2,1-2H3. The van der Waals surface area contributed by atoms with E-state index >= 15 is 0 Å². The first-order chi connectivity index (χ1) is 6.27. The van der Waals surface area contributed by atoms with E-state index in [1.54, 1.807) is 7.11 Å². The zero-order valence-electron chi connectivity index (χ0n) is 8.21. The molecule has 0 bridgehead atoms. The second-order valence-corrected chi connectivity index (χ2v) is 3.36. The third-order valence-corrected chi connectivity index (χ3v) is 2.42. The van der Waals surface area contributed by atoms with Crippen LogP contribution in [0.15, 0.2) is 0 Å². The lowest BCUT2D eigenvalue weighted by Gasteiger charge is -2.27. The van der Waals surface area contributed by atoms with E-state index in [9.17, 15) is 4.79 Å². The summed E-state index contributed by atoms with van der Waals surface area (Å²) in [4.78, 5) is 11.1. The number of hydrogen-bond acceptors (Lipinski definition) is 4. The first-order valence-electron chi connectivity index (χ1n) is 4.58. The molecule has 0 aromatic carbocycles. The average Bonchev–Trinajstić information content (AvgIpc) is 2.18. The fraction of sp³-hybridized carbons (Fsp3) is 0.889. The van der Waals surface area contributed by atoms with Crippen molar-refractivity contribution < 1.29 is 14.3 Å². The fourth-order valence-corrected chi connectivity index (χ4v) is 1.63. The highest BCUT2D eigenvalue weighted by Gasteiger charge is 2.25. The Kier molecular flexibility index (Phi) is 4.18. The number of rotatable bonds is 3. The molecule has 1 aliphatic heterocycles. The van der Waals surface area contributed by atoms with Crippen LogP contribution in [0.1, 0.15) is 12.8 Å². The van der Waals surface area contributed by atoms with E-state index in [0.29, 0.717) is 19.2 Å². The van der Waals surface area contributed by atoms with Crippen molar-refractivity contribution in [3.8, 4) is 0 Å². The molecule has 0 saturated carbocycles. The highest BCUT2D eigenvalue weighted by atomic mass is 16.5. The zero-order chi connectivity index (χ0) is 9.68. The van der Waals surface area contributed by atoms with Gasteiger partial charge in [0.25, 0.3) is 0 Å². The fourth-order valence-electron chi connectivity index (χ4n) is 1.63. The summed E-state index contributed by atoms with van der Waals surface area (Å²) < 4.78 is 9.70. The zero-order valence-corrected chi connectivity index (χ0v) is 8.21. The molecule has 1 fully saturated rings. The maximum Gasteiger partial charge on any atom is 0.309 e. The molecule has 4 nitrogen and oxygen atoms in total. The molecule has 4 heteroatoms. The summed E-state index contributed by atoms with van der Waals surface area (Å²) in [6.07, 6.45) is 1.88. The van der Waals surface area contributed by atoms with Crippen LogP contribution >= 0.6 is 0 Å². The third kappa shape index (κ3) is 2.97. The molecule has 1 N–H and O–H groups in total. The van der Waals surface area contributed by atoms with E-state index in [-0.39, 0.29) is 11.9 Å². The maximum atomic E-state index is 11.1. The van der Waals surface area contributed by atoms with Gasteiger partial charge in [0.1, 0.15) is 0 Å². The van der Waals surface area contributed by atoms with Crippen LogP contribution in [-0.2, 0) is 14.3 Å². The van der Waals surface area contributed by atoms with Gasteiger partial charge in [-0.05, 0) is 12.8 Å². The van der Waals surface area contributed by atoms with Gasteiger partial charge in [0, 0.05) is 19.7 Å². The van der Waals surface area contributed by atoms with Crippen LogP contribution in [-0.4, -0.2) is 39.4 Å². The van der Waals surface area contributed by atoms with Crippen LogP contribution in [0.5, 0.6) is 0 Å². The predicted octanol–water partition coefficient (Wildman–Crippen LogP) is 0.174. The number of piperidine rings is 1. The van der Waals surface area contributed by atoms with E-state index in [1.165, 1.54) is 7.11 Å². The first kappa shape index (κ1) is 10.5. The molecule has 0 amide bonds. The molecule has 2 unspecified atom stereocenters. The molecule has 2 atom stereocenters. The summed E-state index contributed by atoms with van der Waals surface area (Å²) in [6, 6.07) is 0.394. The van der Waals surface area contributed by atoms with E-state index in [1.807, 2.05) is 0 Å². The Morgan fingerprint density at radius 1 is 1.46 bits per heavy atom. The molecule has 0 aromatic heterocycles. The predicted molar refractivity (Wildman–Crippen MR) is 48.4 cm³/mol. The van der Waals surface area contributed by atoms with Gasteiger partial charge in [-0.3, -0.25) is 4.79 Å². The van der Waals surface area contributed by atoms with Crippen molar-refractivity contribution in [2.75, 3.05) is 27.4 Å². The topological polar surface area (TPSA) is 47.6 Å². The van der Waals surface area contributed by atoms with Crippen molar-refractivity contribution in [2.24, 2.45) is 5.92 Å². The highest BCUT2D eigenvalue weighted by Crippen LogP contribution is 2.15. The van der Waals surface area contributed by atoms with Crippen molar-refractivity contribution in [1.82, 2.24) is 5.32 Å². The van der Waals surface area contributed by atoms with Gasteiger partial charge in [-0.2, -0.15) is 0 Å². The second-order valence-electron chi connectivity index (χ2n) is 3.36. The Balaban J connectivity index is 2.26. The van der Waals surface area contributed by atoms with E-state index in [4.69, 9.17) is 4.74 Å². The lowest BCUT2D eigenvalue weighted by Crippen LogP contribution is -2.44. The molecule has 1 heterocycles. The summed E-state index contributed by atoms with van der Waals surface area (Å²) in [7, 11) is 3.12.